The molecule has 0 unspecified atom stereocenters. The summed E-state index contributed by atoms with van der Waals surface area (Å²) >= 11 is 0. The molecule has 3 rings (SSSR count). The van der Waals surface area contributed by atoms with Crippen LogP contribution in [0.4, 0.5) is 4.79 Å². The van der Waals surface area contributed by atoms with Crippen molar-refractivity contribution in [2.24, 2.45) is 0 Å². The third-order valence-electron chi connectivity index (χ3n) is 4.37. The molecule has 0 radical (unpaired) electrons. The van der Waals surface area contributed by atoms with Crippen LogP contribution in [0, 0.1) is 0 Å². The first-order valence-corrected chi connectivity index (χ1v) is 8.07. The van der Waals surface area contributed by atoms with Crippen LogP contribution in [0.3, 0.4) is 0 Å². The number of hydrogen-bond acceptors (Lipinski definition) is 2. The van der Waals surface area contributed by atoms with Crippen molar-refractivity contribution in [3.63, 3.8) is 0 Å². The number of amides is 2. The number of urea groups is 1. The molecule has 1 aliphatic heterocycles. The van der Waals surface area contributed by atoms with Crippen LogP contribution in [-0.4, -0.2) is 45.2 Å². The van der Waals surface area contributed by atoms with Gasteiger partial charge in [-0.2, -0.15) is 0 Å². The van der Waals surface area contributed by atoms with E-state index in [0.717, 1.165) is 11.4 Å². The molecule has 0 fully saturated rings. The second-order valence-electron chi connectivity index (χ2n) is 5.67. The van der Waals surface area contributed by atoms with E-state index < -0.39 is 0 Å². The zero-order valence-corrected chi connectivity index (χ0v) is 13.6. The molecule has 23 heavy (non-hydrogen) atoms. The Morgan fingerprint density at radius 1 is 1.22 bits per heavy atom. The number of aromatic amines is 1. The fourth-order valence-electron chi connectivity index (χ4n) is 3.02. The standard InChI is InChI=1S/C17H22N4O2/c1-3-19(4-2)17(23)20-11-10-15-14(12-20)16(22)21(18-15)13-8-6-5-7-9-13/h5-9,18H,3-4,10-12H2,1-2H3. The molecule has 1 aliphatic rings. The summed E-state index contributed by atoms with van der Waals surface area (Å²) in [7, 11) is 0. The molecule has 0 saturated carbocycles. The van der Waals surface area contributed by atoms with Gasteiger partial charge in [0.25, 0.3) is 5.56 Å². The minimum Gasteiger partial charge on any atom is -0.325 e. The maximum Gasteiger partial charge on any atom is 0.320 e. The average molecular weight is 314 g/mol. The number of carbonyl (C=O) groups excluding carboxylic acids is 1. The normalized spacial score (nSPS) is 13.7. The van der Waals surface area contributed by atoms with E-state index in [-0.39, 0.29) is 11.6 Å². The van der Waals surface area contributed by atoms with Crippen LogP contribution in [0.25, 0.3) is 5.69 Å². The van der Waals surface area contributed by atoms with E-state index >= 15 is 0 Å². The molecule has 6 heteroatoms. The molecule has 2 heterocycles. The Labute approximate surface area is 135 Å². The molecule has 0 saturated heterocycles. The first kappa shape index (κ1) is 15.4. The molecule has 122 valence electrons. The highest BCUT2D eigenvalue weighted by Gasteiger charge is 2.27. The Morgan fingerprint density at radius 3 is 2.57 bits per heavy atom. The van der Waals surface area contributed by atoms with Crippen LogP contribution in [-0.2, 0) is 13.0 Å². The van der Waals surface area contributed by atoms with Gasteiger partial charge in [-0.05, 0) is 26.0 Å². The van der Waals surface area contributed by atoms with Gasteiger partial charge in [-0.1, -0.05) is 18.2 Å². The summed E-state index contributed by atoms with van der Waals surface area (Å²) in [4.78, 5) is 28.7. The fraction of sp³-hybridized carbons (Fsp3) is 0.412. The van der Waals surface area contributed by atoms with Crippen molar-refractivity contribution < 1.29 is 4.79 Å². The lowest BCUT2D eigenvalue weighted by Crippen LogP contribution is -2.45. The monoisotopic (exact) mass is 314 g/mol. The van der Waals surface area contributed by atoms with Crippen molar-refractivity contribution in [3.05, 3.63) is 51.9 Å². The van der Waals surface area contributed by atoms with Gasteiger partial charge in [0.1, 0.15) is 0 Å². The molecule has 1 aromatic carbocycles. The van der Waals surface area contributed by atoms with Crippen molar-refractivity contribution in [1.29, 1.82) is 0 Å². The molecule has 2 aromatic rings. The number of nitrogens with zero attached hydrogens (tertiary/aromatic N) is 3. The third kappa shape index (κ3) is 2.76. The van der Waals surface area contributed by atoms with E-state index in [0.29, 0.717) is 38.2 Å². The topological polar surface area (TPSA) is 61.3 Å². The Balaban J connectivity index is 1.89. The quantitative estimate of drug-likeness (QED) is 0.942. The van der Waals surface area contributed by atoms with Crippen molar-refractivity contribution in [2.45, 2.75) is 26.8 Å². The van der Waals surface area contributed by atoms with Crippen LogP contribution in [0.15, 0.2) is 35.1 Å². The number of para-hydroxylation sites is 1. The SMILES string of the molecule is CCN(CC)C(=O)N1CCc2[nH]n(-c3ccccc3)c(=O)c2C1. The number of rotatable bonds is 3. The molecule has 0 spiro atoms. The smallest absolute Gasteiger partial charge is 0.320 e. The maximum atomic E-state index is 12.7. The lowest BCUT2D eigenvalue weighted by molar-refractivity contribution is 0.152. The van der Waals surface area contributed by atoms with Crippen molar-refractivity contribution in [2.75, 3.05) is 19.6 Å². The summed E-state index contributed by atoms with van der Waals surface area (Å²) < 4.78 is 1.57. The van der Waals surface area contributed by atoms with Crippen LogP contribution in [0.2, 0.25) is 0 Å². The highest BCUT2D eigenvalue weighted by atomic mass is 16.2. The minimum atomic E-state index is -0.0664. The summed E-state index contributed by atoms with van der Waals surface area (Å²) in [6.45, 7) is 6.31. The number of H-pyrrole nitrogens is 1. The fourth-order valence-corrected chi connectivity index (χ4v) is 3.02. The number of hydrogen-bond donors (Lipinski definition) is 1. The average Bonchev–Trinajstić information content (AvgIpc) is 2.93. The zero-order valence-electron chi connectivity index (χ0n) is 13.6. The molecular weight excluding hydrogens is 292 g/mol. The summed E-state index contributed by atoms with van der Waals surface area (Å²) in [5.74, 6) is 0. The van der Waals surface area contributed by atoms with Crippen LogP contribution in [0.1, 0.15) is 25.1 Å². The summed E-state index contributed by atoms with van der Waals surface area (Å²) in [5.41, 5.74) is 2.37. The van der Waals surface area contributed by atoms with E-state index in [4.69, 9.17) is 0 Å². The molecule has 0 aliphatic carbocycles. The number of aromatic nitrogens is 2. The second-order valence-corrected chi connectivity index (χ2v) is 5.67. The lowest BCUT2D eigenvalue weighted by atomic mass is 10.1. The number of nitrogens with one attached hydrogen (secondary N) is 1. The van der Waals surface area contributed by atoms with Gasteiger partial charge in [-0.3, -0.25) is 9.89 Å². The largest absolute Gasteiger partial charge is 0.325 e. The zero-order chi connectivity index (χ0) is 16.4. The molecule has 6 nitrogen and oxygen atoms in total. The Bertz CT molecular complexity index is 744. The number of fused-ring (bicyclic) bond motifs is 1. The van der Waals surface area contributed by atoms with E-state index in [2.05, 4.69) is 5.10 Å². The molecule has 1 N–H and O–H groups in total. The first-order chi connectivity index (χ1) is 11.2. The summed E-state index contributed by atoms with van der Waals surface area (Å²) in [5, 5.41) is 3.19. The van der Waals surface area contributed by atoms with Gasteiger partial charge in [0, 0.05) is 31.7 Å². The summed E-state index contributed by atoms with van der Waals surface area (Å²) in [6.07, 6.45) is 0.678. The predicted octanol–water partition coefficient (Wildman–Crippen LogP) is 1.99. The van der Waals surface area contributed by atoms with Gasteiger partial charge in [-0.15, -0.1) is 0 Å². The molecule has 0 atom stereocenters. The Morgan fingerprint density at radius 2 is 1.91 bits per heavy atom. The van der Waals surface area contributed by atoms with E-state index in [1.165, 1.54) is 0 Å². The van der Waals surface area contributed by atoms with Gasteiger partial charge in [-0.25, -0.2) is 9.48 Å². The summed E-state index contributed by atoms with van der Waals surface area (Å²) in [6, 6.07) is 9.51. The highest BCUT2D eigenvalue weighted by Crippen LogP contribution is 2.17. The number of carbonyl (C=O) groups is 1. The van der Waals surface area contributed by atoms with Crippen molar-refractivity contribution >= 4 is 6.03 Å². The van der Waals surface area contributed by atoms with Gasteiger partial charge >= 0.3 is 6.03 Å². The molecule has 0 bridgehead atoms. The predicted molar refractivity (Wildman–Crippen MR) is 88.8 cm³/mol. The van der Waals surface area contributed by atoms with E-state index in [1.807, 2.05) is 44.2 Å². The van der Waals surface area contributed by atoms with Gasteiger partial charge in [0.15, 0.2) is 0 Å². The van der Waals surface area contributed by atoms with Crippen molar-refractivity contribution in [1.82, 2.24) is 19.6 Å². The minimum absolute atomic E-state index is 0.00695. The van der Waals surface area contributed by atoms with Crippen molar-refractivity contribution in [3.8, 4) is 5.69 Å². The van der Waals surface area contributed by atoms with E-state index in [9.17, 15) is 9.59 Å². The van der Waals surface area contributed by atoms with Crippen LogP contribution < -0.4 is 5.56 Å². The first-order valence-electron chi connectivity index (χ1n) is 8.07. The van der Waals surface area contributed by atoms with Gasteiger partial charge in [0.05, 0.1) is 17.8 Å². The Kier molecular flexibility index (Phi) is 4.23. The Hall–Kier alpha value is -2.50. The molecular formula is C17H22N4O2. The number of benzene rings is 1. The van der Waals surface area contributed by atoms with Crippen LogP contribution in [0.5, 0.6) is 0 Å². The highest BCUT2D eigenvalue weighted by molar-refractivity contribution is 5.74. The third-order valence-corrected chi connectivity index (χ3v) is 4.37. The van der Waals surface area contributed by atoms with Gasteiger partial charge < -0.3 is 9.80 Å². The lowest BCUT2D eigenvalue weighted by Gasteiger charge is -2.31. The van der Waals surface area contributed by atoms with Gasteiger partial charge in [0.2, 0.25) is 0 Å². The molecule has 1 aromatic heterocycles. The van der Waals surface area contributed by atoms with Crippen LogP contribution >= 0.6 is 0 Å². The second kappa shape index (κ2) is 6.32. The maximum absolute atomic E-state index is 12.7. The molecule has 2 amide bonds. The van der Waals surface area contributed by atoms with E-state index in [1.54, 1.807) is 14.5 Å².